The molecular weight excluding hydrogens is 592 g/mol. The van der Waals surface area contributed by atoms with E-state index in [1.807, 2.05) is 66.1 Å². The third-order valence-corrected chi connectivity index (χ3v) is 9.70. The lowest BCUT2D eigenvalue weighted by molar-refractivity contribution is -0.677. The van der Waals surface area contributed by atoms with E-state index in [9.17, 15) is 21.4 Å². The van der Waals surface area contributed by atoms with E-state index in [2.05, 4.69) is 0 Å². The number of allylic oxidation sites excluding steroid dienone is 2. The standard InChI is InChI=1S/C28H27ClN2O6S3/c1-3-19(16-27-31(18(2)39(32)33)23-17-21(29)10-12-25(23)38-27)15-26-30(13-6-14-40(34,35)36)28-22-8-5-4-7-20(22)9-11-24(28)37-26/h4-5,7-12,15-18,39H,3,6,13-14H2,1-2H3/p+1. The van der Waals surface area contributed by atoms with Gasteiger partial charge in [0.2, 0.25) is 5.58 Å². The first-order valence-corrected chi connectivity index (χ1v) is 16.7. The summed E-state index contributed by atoms with van der Waals surface area (Å²) < 4.78 is 64.4. The number of oxazole rings is 1. The number of aromatic nitrogens is 1. The zero-order valence-electron chi connectivity index (χ0n) is 21.8. The van der Waals surface area contributed by atoms with Crippen molar-refractivity contribution in [1.82, 2.24) is 0 Å². The molecule has 0 saturated carbocycles. The van der Waals surface area contributed by atoms with Crippen LogP contribution >= 0.6 is 23.4 Å². The summed E-state index contributed by atoms with van der Waals surface area (Å²) in [5, 5.41) is 2.46. The second kappa shape index (κ2) is 11.6. The van der Waals surface area contributed by atoms with Crippen molar-refractivity contribution < 1.29 is 30.4 Å². The summed E-state index contributed by atoms with van der Waals surface area (Å²) in [6.45, 7) is 3.94. The highest BCUT2D eigenvalue weighted by atomic mass is 35.5. The number of hydrogen-bond donors (Lipinski definition) is 2. The molecule has 2 heterocycles. The van der Waals surface area contributed by atoms with Crippen LogP contribution in [0.5, 0.6) is 0 Å². The molecule has 3 aromatic carbocycles. The van der Waals surface area contributed by atoms with E-state index < -0.39 is 26.2 Å². The van der Waals surface area contributed by atoms with Crippen LogP contribution in [0.4, 0.5) is 5.69 Å². The maximum Gasteiger partial charge on any atom is 0.374 e. The molecule has 40 heavy (non-hydrogen) atoms. The number of hydrogen-bond acceptors (Lipinski definition) is 7. The first-order chi connectivity index (χ1) is 19.1. The van der Waals surface area contributed by atoms with Gasteiger partial charge in [-0.1, -0.05) is 54.6 Å². The number of rotatable bonds is 9. The lowest BCUT2D eigenvalue weighted by Gasteiger charge is -2.24. The molecular formula is C28H28ClN2O6S3+. The summed E-state index contributed by atoms with van der Waals surface area (Å²) in [5.41, 5.74) is 3.10. The molecule has 1 aromatic heterocycles. The lowest BCUT2D eigenvalue weighted by atomic mass is 10.1. The Morgan fingerprint density at radius 1 is 1.20 bits per heavy atom. The second-order valence-electron chi connectivity index (χ2n) is 9.42. The highest BCUT2D eigenvalue weighted by molar-refractivity contribution is 8.03. The first-order valence-electron chi connectivity index (χ1n) is 12.7. The number of benzene rings is 3. The van der Waals surface area contributed by atoms with Crippen LogP contribution in [-0.2, 0) is 27.4 Å². The van der Waals surface area contributed by atoms with Gasteiger partial charge in [-0.3, -0.25) is 4.55 Å². The fourth-order valence-corrected chi connectivity index (χ4v) is 7.16. The average Bonchev–Trinajstić information content (AvgIpc) is 3.44. The number of nitrogens with zero attached hydrogens (tertiary/aromatic N) is 2. The molecule has 210 valence electrons. The number of thiol groups is 1. The number of fused-ring (bicyclic) bond motifs is 4. The Hall–Kier alpha value is -2.83. The minimum absolute atomic E-state index is 0.193. The second-order valence-corrected chi connectivity index (χ2v) is 13.8. The third kappa shape index (κ3) is 5.94. The number of halogens is 1. The lowest BCUT2D eigenvalue weighted by Crippen LogP contribution is -2.36. The molecule has 12 heteroatoms. The Balaban J connectivity index is 1.63. The Bertz CT molecular complexity index is 1850. The van der Waals surface area contributed by atoms with Crippen LogP contribution in [0.15, 0.2) is 80.6 Å². The fraction of sp³-hybridized carbons (Fsp3) is 0.250. The van der Waals surface area contributed by atoms with Crippen LogP contribution < -0.4 is 9.47 Å². The number of aryl methyl sites for hydroxylation is 1. The van der Waals surface area contributed by atoms with Crippen molar-refractivity contribution in [3.05, 3.63) is 82.2 Å². The van der Waals surface area contributed by atoms with Crippen molar-refractivity contribution in [3.63, 3.8) is 0 Å². The van der Waals surface area contributed by atoms with Crippen LogP contribution in [-0.4, -0.2) is 32.5 Å². The molecule has 1 unspecified atom stereocenters. The van der Waals surface area contributed by atoms with Gasteiger partial charge in [-0.25, -0.2) is 8.42 Å². The van der Waals surface area contributed by atoms with Crippen molar-refractivity contribution in [2.24, 2.45) is 0 Å². The van der Waals surface area contributed by atoms with Crippen LogP contribution in [0.1, 0.15) is 32.6 Å². The topological polar surface area (TPSA) is 109 Å². The molecule has 0 saturated heterocycles. The Morgan fingerprint density at radius 2 is 1.98 bits per heavy atom. The van der Waals surface area contributed by atoms with E-state index in [0.29, 0.717) is 29.5 Å². The van der Waals surface area contributed by atoms with Crippen molar-refractivity contribution >= 4 is 77.8 Å². The fourth-order valence-electron chi connectivity index (χ4n) is 4.80. The highest BCUT2D eigenvalue weighted by Gasteiger charge is 2.31. The Morgan fingerprint density at radius 3 is 2.70 bits per heavy atom. The van der Waals surface area contributed by atoms with Gasteiger partial charge in [-0.05, 0) is 60.7 Å². The van der Waals surface area contributed by atoms with Gasteiger partial charge in [-0.15, -0.1) is 0 Å². The van der Waals surface area contributed by atoms with E-state index in [4.69, 9.17) is 16.0 Å². The summed E-state index contributed by atoms with van der Waals surface area (Å²) >= 11 is 7.71. The first kappa shape index (κ1) is 28.7. The van der Waals surface area contributed by atoms with Gasteiger partial charge in [0.15, 0.2) is 17.2 Å². The third-order valence-electron chi connectivity index (χ3n) is 6.74. The molecule has 0 fully saturated rings. The van der Waals surface area contributed by atoms with Crippen molar-refractivity contribution in [1.29, 1.82) is 0 Å². The summed E-state index contributed by atoms with van der Waals surface area (Å²) in [5.74, 6) is 0.150. The van der Waals surface area contributed by atoms with Gasteiger partial charge in [-0.2, -0.15) is 13.0 Å². The molecule has 0 spiro atoms. The van der Waals surface area contributed by atoms with Crippen LogP contribution in [0.25, 0.3) is 27.9 Å². The summed E-state index contributed by atoms with van der Waals surface area (Å²) in [7, 11) is -6.86. The van der Waals surface area contributed by atoms with Crippen molar-refractivity contribution in [2.45, 2.75) is 43.5 Å². The molecule has 1 atom stereocenters. The smallest absolute Gasteiger partial charge is 0.374 e. The summed E-state index contributed by atoms with van der Waals surface area (Å²) in [6, 6.07) is 17.2. The Labute approximate surface area is 243 Å². The van der Waals surface area contributed by atoms with E-state index in [1.54, 1.807) is 24.0 Å². The zero-order chi connectivity index (χ0) is 28.6. The van der Waals surface area contributed by atoms with Gasteiger partial charge in [0.1, 0.15) is 5.37 Å². The summed E-state index contributed by atoms with van der Waals surface area (Å²) in [4.78, 5) is 2.68. The molecule has 1 N–H and O–H groups in total. The van der Waals surface area contributed by atoms with E-state index >= 15 is 0 Å². The maximum absolute atomic E-state index is 12.0. The van der Waals surface area contributed by atoms with Gasteiger partial charge in [0, 0.05) is 16.3 Å². The largest absolute Gasteiger partial charge is 0.398 e. The Kier molecular flexibility index (Phi) is 8.30. The molecule has 0 bridgehead atoms. The maximum atomic E-state index is 12.0. The SMILES string of the molecule is CCC(/C=C1\Sc2ccc(Cl)cc2N1C(C)[SH](=O)=O)=C\c1oc2ccc3ccccc3c2[n+]1CCCS(=O)(=O)O. The van der Waals surface area contributed by atoms with Gasteiger partial charge >= 0.3 is 5.89 Å². The minimum atomic E-state index is -4.12. The average molecular weight is 620 g/mol. The summed E-state index contributed by atoms with van der Waals surface area (Å²) in [6.07, 6.45) is 4.65. The minimum Gasteiger partial charge on any atom is -0.398 e. The predicted molar refractivity (Wildman–Crippen MR) is 161 cm³/mol. The normalized spacial score (nSPS) is 16.0. The number of thioether (sulfide) groups is 1. The van der Waals surface area contributed by atoms with Crippen LogP contribution in [0.2, 0.25) is 5.02 Å². The highest BCUT2D eigenvalue weighted by Crippen LogP contribution is 2.48. The molecule has 5 rings (SSSR count). The molecule has 8 nitrogen and oxygen atoms in total. The molecule has 1 aliphatic heterocycles. The van der Waals surface area contributed by atoms with E-state index in [0.717, 1.165) is 37.5 Å². The molecule has 0 aliphatic carbocycles. The quantitative estimate of drug-likeness (QED) is 0.133. The van der Waals surface area contributed by atoms with Gasteiger partial charge in [0.05, 0.1) is 27.9 Å². The van der Waals surface area contributed by atoms with Crippen LogP contribution in [0, 0.1) is 0 Å². The molecule has 1 aliphatic rings. The van der Waals surface area contributed by atoms with Crippen LogP contribution in [0.3, 0.4) is 0 Å². The number of anilines is 1. The zero-order valence-corrected chi connectivity index (χ0v) is 25.1. The van der Waals surface area contributed by atoms with Gasteiger partial charge in [0.25, 0.3) is 15.6 Å². The van der Waals surface area contributed by atoms with E-state index in [1.165, 1.54) is 11.8 Å². The van der Waals surface area contributed by atoms with E-state index in [-0.39, 0.29) is 12.2 Å². The van der Waals surface area contributed by atoms with Crippen molar-refractivity contribution in [2.75, 3.05) is 10.7 Å². The molecule has 0 radical (unpaired) electrons. The predicted octanol–water partition coefficient (Wildman–Crippen LogP) is 6.01. The molecule has 0 amide bonds. The molecule has 4 aromatic rings. The monoisotopic (exact) mass is 619 g/mol. The van der Waals surface area contributed by atoms with Gasteiger partial charge < -0.3 is 9.32 Å². The van der Waals surface area contributed by atoms with Crippen molar-refractivity contribution in [3.8, 4) is 0 Å².